The van der Waals surface area contributed by atoms with Gasteiger partial charge in [0.05, 0.1) is 16.8 Å². The van der Waals surface area contributed by atoms with E-state index in [1.165, 1.54) is 12.1 Å². The first-order valence-corrected chi connectivity index (χ1v) is 6.95. The van der Waals surface area contributed by atoms with Crippen LogP contribution in [0.3, 0.4) is 0 Å². The van der Waals surface area contributed by atoms with E-state index in [4.69, 9.17) is 17.3 Å². The predicted octanol–water partition coefficient (Wildman–Crippen LogP) is 4.35. The van der Waals surface area contributed by atoms with E-state index in [9.17, 15) is 4.39 Å². The topological polar surface area (TPSA) is 38.0 Å². The Morgan fingerprint density at radius 3 is 2.63 bits per heavy atom. The fraction of sp³-hybridized carbons (Fsp3) is 0.143. The normalized spacial score (nSPS) is 12.2. The minimum absolute atomic E-state index is 0.144. The van der Waals surface area contributed by atoms with Crippen LogP contribution in [0.25, 0.3) is 0 Å². The average molecular weight is 344 g/mol. The van der Waals surface area contributed by atoms with E-state index in [0.717, 1.165) is 11.3 Å². The van der Waals surface area contributed by atoms with Gasteiger partial charge in [-0.15, -0.1) is 0 Å². The quantitative estimate of drug-likeness (QED) is 0.866. The van der Waals surface area contributed by atoms with Crippen molar-refractivity contribution in [3.05, 3.63) is 63.3 Å². The molecule has 19 heavy (non-hydrogen) atoms. The van der Waals surface area contributed by atoms with Crippen molar-refractivity contribution in [3.8, 4) is 0 Å². The highest BCUT2D eigenvalue weighted by Crippen LogP contribution is 2.29. The standard InChI is InChI=1S/C14H13BrClFN2/c15-11-7-9(17)5-6-10(11)14(8-18)19-13-4-2-1-3-12(13)16/h1-7,14,19H,8,18H2. The maximum Gasteiger partial charge on any atom is 0.124 e. The summed E-state index contributed by atoms with van der Waals surface area (Å²) in [6.45, 7) is 0.370. The molecule has 3 N–H and O–H groups in total. The number of anilines is 1. The van der Waals surface area contributed by atoms with Gasteiger partial charge in [-0.05, 0) is 29.8 Å². The molecule has 0 amide bonds. The third-order valence-corrected chi connectivity index (χ3v) is 3.79. The summed E-state index contributed by atoms with van der Waals surface area (Å²) < 4.78 is 13.8. The Balaban J connectivity index is 2.28. The summed E-state index contributed by atoms with van der Waals surface area (Å²) in [5, 5.41) is 3.89. The molecule has 0 spiro atoms. The number of hydrogen-bond acceptors (Lipinski definition) is 2. The van der Waals surface area contributed by atoms with Gasteiger partial charge in [0, 0.05) is 11.0 Å². The molecule has 2 aromatic carbocycles. The first-order chi connectivity index (χ1) is 9.11. The van der Waals surface area contributed by atoms with Crippen LogP contribution in [0.2, 0.25) is 5.02 Å². The van der Waals surface area contributed by atoms with Crippen molar-refractivity contribution >= 4 is 33.2 Å². The Kier molecular flexibility index (Phi) is 4.80. The number of hydrogen-bond donors (Lipinski definition) is 2. The molecule has 100 valence electrons. The van der Waals surface area contributed by atoms with Crippen LogP contribution in [0, 0.1) is 5.82 Å². The molecule has 2 nitrogen and oxygen atoms in total. The number of nitrogens with two attached hydrogens (primary N) is 1. The van der Waals surface area contributed by atoms with Crippen LogP contribution in [-0.4, -0.2) is 6.54 Å². The second-order valence-corrected chi connectivity index (χ2v) is 5.34. The van der Waals surface area contributed by atoms with Gasteiger partial charge in [-0.3, -0.25) is 0 Å². The molecule has 1 atom stereocenters. The minimum Gasteiger partial charge on any atom is -0.376 e. The average Bonchev–Trinajstić information content (AvgIpc) is 2.39. The molecule has 0 aliphatic heterocycles. The Morgan fingerprint density at radius 1 is 1.26 bits per heavy atom. The second kappa shape index (κ2) is 6.37. The summed E-state index contributed by atoms with van der Waals surface area (Å²) in [6, 6.07) is 11.8. The third-order valence-electron chi connectivity index (χ3n) is 2.78. The molecule has 2 aromatic rings. The predicted molar refractivity (Wildman–Crippen MR) is 81.0 cm³/mol. The Hall–Kier alpha value is -1.10. The van der Waals surface area contributed by atoms with E-state index in [1.807, 2.05) is 18.2 Å². The van der Waals surface area contributed by atoms with Gasteiger partial charge in [0.1, 0.15) is 5.82 Å². The van der Waals surface area contributed by atoms with E-state index in [2.05, 4.69) is 21.2 Å². The summed E-state index contributed by atoms with van der Waals surface area (Å²) in [7, 11) is 0. The van der Waals surface area contributed by atoms with Crippen LogP contribution in [0.5, 0.6) is 0 Å². The summed E-state index contributed by atoms with van der Waals surface area (Å²) in [5.41, 5.74) is 7.48. The van der Waals surface area contributed by atoms with Crippen LogP contribution in [0.4, 0.5) is 10.1 Å². The van der Waals surface area contributed by atoms with Crippen molar-refractivity contribution in [1.82, 2.24) is 0 Å². The molecule has 0 saturated carbocycles. The zero-order valence-corrected chi connectivity index (χ0v) is 12.4. The largest absolute Gasteiger partial charge is 0.376 e. The van der Waals surface area contributed by atoms with Gasteiger partial charge in [0.15, 0.2) is 0 Å². The maximum absolute atomic E-state index is 13.1. The van der Waals surface area contributed by atoms with Crippen molar-refractivity contribution < 1.29 is 4.39 Å². The smallest absolute Gasteiger partial charge is 0.124 e. The van der Waals surface area contributed by atoms with Gasteiger partial charge >= 0.3 is 0 Å². The Bertz CT molecular complexity index is 577. The van der Waals surface area contributed by atoms with E-state index in [0.29, 0.717) is 16.0 Å². The molecule has 0 bridgehead atoms. The van der Waals surface area contributed by atoms with Gasteiger partial charge in [-0.2, -0.15) is 0 Å². The van der Waals surface area contributed by atoms with Crippen molar-refractivity contribution in [2.45, 2.75) is 6.04 Å². The van der Waals surface area contributed by atoms with Gasteiger partial charge in [0.2, 0.25) is 0 Å². The van der Waals surface area contributed by atoms with Crippen molar-refractivity contribution in [2.75, 3.05) is 11.9 Å². The summed E-state index contributed by atoms with van der Waals surface area (Å²) >= 11 is 9.45. The second-order valence-electron chi connectivity index (χ2n) is 4.08. The molecule has 0 aromatic heterocycles. The molecule has 2 rings (SSSR count). The maximum atomic E-state index is 13.1. The lowest BCUT2D eigenvalue weighted by Gasteiger charge is -2.20. The van der Waals surface area contributed by atoms with Crippen LogP contribution >= 0.6 is 27.5 Å². The molecule has 0 aliphatic carbocycles. The van der Waals surface area contributed by atoms with E-state index in [-0.39, 0.29) is 11.9 Å². The first-order valence-electron chi connectivity index (χ1n) is 5.78. The molecule has 0 aliphatic rings. The number of benzene rings is 2. The Morgan fingerprint density at radius 2 is 2.00 bits per heavy atom. The van der Waals surface area contributed by atoms with Crippen LogP contribution in [0.1, 0.15) is 11.6 Å². The fourth-order valence-electron chi connectivity index (χ4n) is 1.81. The lowest BCUT2D eigenvalue weighted by atomic mass is 10.1. The SMILES string of the molecule is NCC(Nc1ccccc1Cl)c1ccc(F)cc1Br. The zero-order chi connectivity index (χ0) is 13.8. The lowest BCUT2D eigenvalue weighted by Crippen LogP contribution is -2.21. The molecule has 0 fully saturated rings. The van der Waals surface area contributed by atoms with Gasteiger partial charge in [-0.1, -0.05) is 45.7 Å². The van der Waals surface area contributed by atoms with Gasteiger partial charge in [0.25, 0.3) is 0 Å². The highest BCUT2D eigenvalue weighted by atomic mass is 79.9. The molecule has 1 unspecified atom stereocenters. The highest BCUT2D eigenvalue weighted by molar-refractivity contribution is 9.10. The number of rotatable bonds is 4. The fourth-order valence-corrected chi connectivity index (χ4v) is 2.63. The minimum atomic E-state index is -0.288. The van der Waals surface area contributed by atoms with Gasteiger partial charge in [-0.25, -0.2) is 4.39 Å². The van der Waals surface area contributed by atoms with Crippen molar-refractivity contribution in [2.24, 2.45) is 5.73 Å². The molecular weight excluding hydrogens is 331 g/mol. The zero-order valence-electron chi connectivity index (χ0n) is 10.0. The molecule has 0 saturated heterocycles. The summed E-state index contributed by atoms with van der Waals surface area (Å²) in [6.07, 6.45) is 0. The lowest BCUT2D eigenvalue weighted by molar-refractivity contribution is 0.624. The van der Waals surface area contributed by atoms with Crippen molar-refractivity contribution in [3.63, 3.8) is 0 Å². The summed E-state index contributed by atoms with van der Waals surface area (Å²) in [4.78, 5) is 0. The monoisotopic (exact) mass is 342 g/mol. The van der Waals surface area contributed by atoms with Crippen molar-refractivity contribution in [1.29, 1.82) is 0 Å². The Labute approximate surface area is 124 Å². The number of nitrogens with one attached hydrogen (secondary N) is 1. The third kappa shape index (κ3) is 3.47. The summed E-state index contributed by atoms with van der Waals surface area (Å²) in [5.74, 6) is -0.288. The van der Waals surface area contributed by atoms with E-state index < -0.39 is 0 Å². The van der Waals surface area contributed by atoms with Gasteiger partial charge < -0.3 is 11.1 Å². The first kappa shape index (κ1) is 14.3. The molecule has 5 heteroatoms. The highest BCUT2D eigenvalue weighted by Gasteiger charge is 2.14. The van der Waals surface area contributed by atoms with E-state index >= 15 is 0 Å². The molecular formula is C14H13BrClFN2. The van der Waals surface area contributed by atoms with Crippen LogP contribution < -0.4 is 11.1 Å². The molecule has 0 heterocycles. The number of halogens is 3. The van der Waals surface area contributed by atoms with E-state index in [1.54, 1.807) is 12.1 Å². The van der Waals surface area contributed by atoms with Crippen LogP contribution in [0.15, 0.2) is 46.9 Å². The number of para-hydroxylation sites is 1. The van der Waals surface area contributed by atoms with Crippen LogP contribution in [-0.2, 0) is 0 Å². The molecule has 0 radical (unpaired) electrons.